The van der Waals surface area contributed by atoms with E-state index >= 15 is 0 Å². The monoisotopic (exact) mass is 266 g/mol. The zero-order valence-electron chi connectivity index (χ0n) is 12.6. The molecule has 2 N–H and O–H groups in total. The number of anilines is 1. The zero-order chi connectivity index (χ0) is 14.6. The molecule has 0 amide bonds. The third kappa shape index (κ3) is 4.11. The second kappa shape index (κ2) is 6.78. The van der Waals surface area contributed by atoms with E-state index < -0.39 is 6.10 Å². The molecule has 0 fully saturated rings. The van der Waals surface area contributed by atoms with Crippen LogP contribution < -0.4 is 4.90 Å². The number of likely N-dealkylation sites (N-methyl/N-ethyl adjacent to an activating group) is 2. The lowest BCUT2D eigenvalue weighted by Crippen LogP contribution is -2.40. The van der Waals surface area contributed by atoms with Crippen molar-refractivity contribution in [3.05, 3.63) is 23.8 Å². The number of hydrogen-bond acceptors (Lipinski definition) is 4. The first kappa shape index (κ1) is 15.8. The highest BCUT2D eigenvalue weighted by molar-refractivity contribution is 5.54. The predicted octanol–water partition coefficient (Wildman–Crippen LogP) is 2.22. The molecule has 19 heavy (non-hydrogen) atoms. The quantitative estimate of drug-likeness (QED) is 0.829. The van der Waals surface area contributed by atoms with E-state index in [9.17, 15) is 10.2 Å². The number of phenols is 1. The van der Waals surface area contributed by atoms with E-state index in [1.54, 1.807) is 19.1 Å². The molecule has 0 aliphatic carbocycles. The fourth-order valence-corrected chi connectivity index (χ4v) is 2.44. The van der Waals surface area contributed by atoms with Crippen molar-refractivity contribution in [3.63, 3.8) is 0 Å². The minimum Gasteiger partial charge on any atom is -0.507 e. The molecule has 0 saturated carbocycles. The van der Waals surface area contributed by atoms with Crippen LogP contribution in [0.1, 0.15) is 32.4 Å². The summed E-state index contributed by atoms with van der Waals surface area (Å²) in [5.41, 5.74) is 1.55. The van der Waals surface area contributed by atoms with Gasteiger partial charge >= 0.3 is 0 Å². The first-order valence-electron chi connectivity index (χ1n) is 6.79. The molecule has 0 spiro atoms. The molecule has 2 unspecified atom stereocenters. The Morgan fingerprint density at radius 1 is 1.21 bits per heavy atom. The second-order valence-corrected chi connectivity index (χ2v) is 5.32. The van der Waals surface area contributed by atoms with Crippen LogP contribution in [-0.4, -0.2) is 48.3 Å². The molecular formula is C15H26N2O2. The summed E-state index contributed by atoms with van der Waals surface area (Å²) in [6.07, 6.45) is -0.650. The maximum absolute atomic E-state index is 9.97. The molecule has 1 rings (SSSR count). The minimum absolute atomic E-state index is 0.156. The maximum atomic E-state index is 9.97. The summed E-state index contributed by atoms with van der Waals surface area (Å²) < 4.78 is 0. The van der Waals surface area contributed by atoms with Crippen molar-refractivity contribution < 1.29 is 10.2 Å². The molecule has 0 radical (unpaired) electrons. The van der Waals surface area contributed by atoms with Gasteiger partial charge < -0.3 is 20.0 Å². The normalized spacial score (nSPS) is 14.5. The summed E-state index contributed by atoms with van der Waals surface area (Å²) in [4.78, 5) is 4.39. The van der Waals surface area contributed by atoms with E-state index in [1.807, 2.05) is 6.07 Å². The highest BCUT2D eigenvalue weighted by Crippen LogP contribution is 2.29. The van der Waals surface area contributed by atoms with Gasteiger partial charge in [0.1, 0.15) is 5.75 Å². The molecule has 108 valence electrons. The average Bonchev–Trinajstić information content (AvgIpc) is 2.28. The number of aromatic hydroxyl groups is 1. The molecular weight excluding hydrogens is 240 g/mol. The zero-order valence-corrected chi connectivity index (χ0v) is 12.6. The van der Waals surface area contributed by atoms with E-state index in [-0.39, 0.29) is 5.75 Å². The van der Waals surface area contributed by atoms with E-state index in [2.05, 4.69) is 37.7 Å². The van der Waals surface area contributed by atoms with Gasteiger partial charge in [0.25, 0.3) is 0 Å². The van der Waals surface area contributed by atoms with Crippen LogP contribution in [0.25, 0.3) is 0 Å². The molecule has 0 aromatic heterocycles. The summed E-state index contributed by atoms with van der Waals surface area (Å²) in [7, 11) is 4.11. The van der Waals surface area contributed by atoms with Crippen LogP contribution in [0.5, 0.6) is 5.75 Å². The van der Waals surface area contributed by atoms with Gasteiger partial charge in [-0.3, -0.25) is 0 Å². The summed E-state index contributed by atoms with van der Waals surface area (Å²) in [5.74, 6) is 0.156. The van der Waals surface area contributed by atoms with Gasteiger partial charge in [-0.2, -0.15) is 0 Å². The standard InChI is InChI=1S/C15H26N2O2/c1-6-17(11(2)10-16(4)5)13-7-8-14(12(3)18)15(19)9-13/h7-9,11-12,18-19H,6,10H2,1-5H3. The smallest absolute Gasteiger partial charge is 0.123 e. The SMILES string of the molecule is CCN(c1ccc(C(C)O)c(O)c1)C(C)CN(C)C. The number of hydrogen-bond donors (Lipinski definition) is 2. The Labute approximate surface area is 116 Å². The van der Waals surface area contributed by atoms with Crippen molar-refractivity contribution in [1.82, 2.24) is 4.90 Å². The first-order chi connectivity index (χ1) is 8.86. The number of phenolic OH excluding ortho intramolecular Hbond substituents is 1. The summed E-state index contributed by atoms with van der Waals surface area (Å²) in [6.45, 7) is 7.76. The van der Waals surface area contributed by atoms with Gasteiger partial charge in [0.05, 0.1) is 6.10 Å². The first-order valence-corrected chi connectivity index (χ1v) is 6.79. The van der Waals surface area contributed by atoms with Crippen LogP contribution in [0.3, 0.4) is 0 Å². The van der Waals surface area contributed by atoms with E-state index in [4.69, 9.17) is 0 Å². The number of benzene rings is 1. The number of nitrogens with zero attached hydrogens (tertiary/aromatic N) is 2. The maximum Gasteiger partial charge on any atom is 0.123 e. The average molecular weight is 266 g/mol. The Hall–Kier alpha value is -1.26. The topological polar surface area (TPSA) is 46.9 Å². The van der Waals surface area contributed by atoms with Crippen molar-refractivity contribution in [1.29, 1.82) is 0 Å². The Kier molecular flexibility index (Phi) is 5.63. The van der Waals surface area contributed by atoms with Crippen molar-refractivity contribution >= 4 is 5.69 Å². The highest BCUT2D eigenvalue weighted by Gasteiger charge is 2.16. The lowest BCUT2D eigenvalue weighted by Gasteiger charge is -2.32. The minimum atomic E-state index is -0.650. The second-order valence-electron chi connectivity index (χ2n) is 5.32. The highest BCUT2D eigenvalue weighted by atomic mass is 16.3. The third-order valence-electron chi connectivity index (χ3n) is 3.30. The van der Waals surface area contributed by atoms with Gasteiger partial charge in [0.15, 0.2) is 0 Å². The van der Waals surface area contributed by atoms with Crippen LogP contribution in [0.15, 0.2) is 18.2 Å². The van der Waals surface area contributed by atoms with Crippen molar-refractivity contribution in [2.75, 3.05) is 32.1 Å². The number of rotatable bonds is 6. The van der Waals surface area contributed by atoms with Crippen LogP contribution in [-0.2, 0) is 0 Å². The Bertz CT molecular complexity index is 405. The lowest BCUT2D eigenvalue weighted by atomic mass is 10.1. The number of aliphatic hydroxyl groups excluding tert-OH is 1. The van der Waals surface area contributed by atoms with Crippen LogP contribution in [0.2, 0.25) is 0 Å². The summed E-state index contributed by atoms with van der Waals surface area (Å²) in [6, 6.07) is 5.84. The molecule has 0 heterocycles. The van der Waals surface area contributed by atoms with Crippen LogP contribution >= 0.6 is 0 Å². The Balaban J connectivity index is 2.96. The van der Waals surface area contributed by atoms with Gasteiger partial charge in [-0.05, 0) is 40.9 Å². The summed E-state index contributed by atoms with van der Waals surface area (Å²) in [5, 5.41) is 19.5. The van der Waals surface area contributed by atoms with Crippen LogP contribution in [0, 0.1) is 0 Å². The van der Waals surface area contributed by atoms with Crippen molar-refractivity contribution in [2.45, 2.75) is 32.9 Å². The van der Waals surface area contributed by atoms with Gasteiger partial charge in [-0.1, -0.05) is 6.07 Å². The molecule has 2 atom stereocenters. The van der Waals surface area contributed by atoms with Gasteiger partial charge in [-0.15, -0.1) is 0 Å². The fraction of sp³-hybridized carbons (Fsp3) is 0.600. The molecule has 0 bridgehead atoms. The van der Waals surface area contributed by atoms with Gasteiger partial charge in [0.2, 0.25) is 0 Å². The van der Waals surface area contributed by atoms with Crippen molar-refractivity contribution in [3.8, 4) is 5.75 Å². The molecule has 0 saturated heterocycles. The van der Waals surface area contributed by atoms with E-state index in [1.165, 1.54) is 0 Å². The predicted molar refractivity (Wildman–Crippen MR) is 79.8 cm³/mol. The van der Waals surface area contributed by atoms with E-state index in [0.29, 0.717) is 11.6 Å². The molecule has 4 nitrogen and oxygen atoms in total. The molecule has 4 heteroatoms. The molecule has 0 aliphatic rings. The van der Waals surface area contributed by atoms with Crippen molar-refractivity contribution in [2.24, 2.45) is 0 Å². The Morgan fingerprint density at radius 3 is 2.26 bits per heavy atom. The molecule has 1 aromatic carbocycles. The van der Waals surface area contributed by atoms with Crippen LogP contribution in [0.4, 0.5) is 5.69 Å². The molecule has 1 aromatic rings. The summed E-state index contributed by atoms with van der Waals surface area (Å²) >= 11 is 0. The van der Waals surface area contributed by atoms with Gasteiger partial charge in [-0.25, -0.2) is 0 Å². The lowest BCUT2D eigenvalue weighted by molar-refractivity contribution is 0.195. The molecule has 0 aliphatic heterocycles. The largest absolute Gasteiger partial charge is 0.507 e. The van der Waals surface area contributed by atoms with Gasteiger partial charge in [0, 0.05) is 36.4 Å². The van der Waals surface area contributed by atoms with E-state index in [0.717, 1.165) is 18.8 Å². The Morgan fingerprint density at radius 2 is 1.84 bits per heavy atom. The number of aliphatic hydroxyl groups is 1. The third-order valence-corrected chi connectivity index (χ3v) is 3.30. The fourth-order valence-electron chi connectivity index (χ4n) is 2.44.